The molecule has 0 radical (unpaired) electrons. The summed E-state index contributed by atoms with van der Waals surface area (Å²) in [4.78, 5) is 12.3. The molecule has 24 heavy (non-hydrogen) atoms. The topological polar surface area (TPSA) is 65.4 Å². The molecule has 6 nitrogen and oxygen atoms in total. The van der Waals surface area contributed by atoms with Gasteiger partial charge in [0.05, 0.1) is 24.4 Å². The molecule has 0 aliphatic rings. The van der Waals surface area contributed by atoms with Crippen LogP contribution in [0.3, 0.4) is 0 Å². The van der Waals surface area contributed by atoms with E-state index in [1.54, 1.807) is 4.68 Å². The molecule has 0 fully saturated rings. The number of aromatic nitrogens is 2. The van der Waals surface area contributed by atoms with Crippen LogP contribution in [0.5, 0.6) is 11.5 Å². The van der Waals surface area contributed by atoms with Crippen LogP contribution in [0.25, 0.3) is 0 Å². The van der Waals surface area contributed by atoms with Gasteiger partial charge in [-0.1, -0.05) is 17.7 Å². The van der Waals surface area contributed by atoms with Gasteiger partial charge in [0, 0.05) is 13.1 Å². The summed E-state index contributed by atoms with van der Waals surface area (Å²) in [5.74, 6) is 1.11. The molecule has 0 unspecified atom stereocenters. The van der Waals surface area contributed by atoms with Crippen LogP contribution < -0.4 is 14.8 Å². The van der Waals surface area contributed by atoms with Gasteiger partial charge in [0.15, 0.2) is 11.5 Å². The summed E-state index contributed by atoms with van der Waals surface area (Å²) in [6, 6.07) is 5.61. The molecule has 2 rings (SSSR count). The van der Waals surface area contributed by atoms with Crippen molar-refractivity contribution in [2.75, 3.05) is 13.2 Å². The van der Waals surface area contributed by atoms with Crippen LogP contribution >= 0.6 is 11.6 Å². The van der Waals surface area contributed by atoms with Crippen LogP contribution in [0.2, 0.25) is 5.02 Å². The summed E-state index contributed by atoms with van der Waals surface area (Å²) in [6.07, 6.45) is 1.48. The molecule has 1 heterocycles. The number of hydrogen-bond acceptors (Lipinski definition) is 4. The number of nitrogens with one attached hydrogen (secondary N) is 1. The lowest BCUT2D eigenvalue weighted by Gasteiger charge is -2.13. The first-order chi connectivity index (χ1) is 11.6. The number of hydrogen-bond donors (Lipinski definition) is 1. The van der Waals surface area contributed by atoms with E-state index in [2.05, 4.69) is 10.4 Å². The van der Waals surface area contributed by atoms with Crippen LogP contribution in [0.15, 0.2) is 24.4 Å². The summed E-state index contributed by atoms with van der Waals surface area (Å²) < 4.78 is 12.7. The van der Waals surface area contributed by atoms with E-state index in [0.29, 0.717) is 48.5 Å². The SMILES string of the molecule is CCOc1ccc(CNC(=O)c2c(Cl)cnn2CC)cc1OCC. The van der Waals surface area contributed by atoms with Crippen molar-refractivity contribution in [3.8, 4) is 11.5 Å². The Balaban J connectivity index is 2.09. The minimum absolute atomic E-state index is 0.258. The fourth-order valence-corrected chi connectivity index (χ4v) is 2.53. The van der Waals surface area contributed by atoms with Gasteiger partial charge in [-0.2, -0.15) is 5.10 Å². The quantitative estimate of drug-likeness (QED) is 0.792. The summed E-state index contributed by atoms with van der Waals surface area (Å²) in [6.45, 7) is 7.78. The number of benzene rings is 1. The second-order valence-corrected chi connectivity index (χ2v) is 5.39. The van der Waals surface area contributed by atoms with Gasteiger partial charge in [-0.3, -0.25) is 9.48 Å². The lowest BCUT2D eigenvalue weighted by atomic mass is 10.2. The number of carbonyl (C=O) groups excluding carboxylic acids is 1. The second kappa shape index (κ2) is 8.59. The minimum atomic E-state index is -0.258. The van der Waals surface area contributed by atoms with Gasteiger partial charge in [-0.15, -0.1) is 0 Å². The Morgan fingerprint density at radius 2 is 1.92 bits per heavy atom. The monoisotopic (exact) mass is 351 g/mol. The molecule has 1 amide bonds. The molecule has 1 aromatic carbocycles. The Morgan fingerprint density at radius 1 is 1.21 bits per heavy atom. The van der Waals surface area contributed by atoms with Gasteiger partial charge in [0.2, 0.25) is 0 Å². The zero-order chi connectivity index (χ0) is 17.5. The molecule has 0 aliphatic carbocycles. The first-order valence-electron chi connectivity index (χ1n) is 7.98. The summed E-state index contributed by atoms with van der Waals surface area (Å²) in [7, 11) is 0. The van der Waals surface area contributed by atoms with E-state index < -0.39 is 0 Å². The van der Waals surface area contributed by atoms with E-state index in [9.17, 15) is 4.79 Å². The normalized spacial score (nSPS) is 10.5. The highest BCUT2D eigenvalue weighted by Crippen LogP contribution is 2.28. The highest BCUT2D eigenvalue weighted by atomic mass is 35.5. The molecule has 7 heteroatoms. The van der Waals surface area contributed by atoms with E-state index in [1.165, 1.54) is 6.20 Å². The standard InChI is InChI=1S/C17H22ClN3O3/c1-4-21-16(13(18)11-20-21)17(22)19-10-12-7-8-14(23-5-2)15(9-12)24-6-3/h7-9,11H,4-6,10H2,1-3H3,(H,19,22). The number of nitrogens with zero attached hydrogens (tertiary/aromatic N) is 2. The van der Waals surface area contributed by atoms with Gasteiger partial charge >= 0.3 is 0 Å². The van der Waals surface area contributed by atoms with E-state index in [4.69, 9.17) is 21.1 Å². The Morgan fingerprint density at radius 3 is 2.58 bits per heavy atom. The van der Waals surface area contributed by atoms with Gasteiger partial charge in [0.25, 0.3) is 5.91 Å². The first-order valence-corrected chi connectivity index (χ1v) is 8.36. The summed E-state index contributed by atoms with van der Waals surface area (Å²) >= 11 is 6.04. The Hall–Kier alpha value is -2.21. The van der Waals surface area contributed by atoms with E-state index in [0.717, 1.165) is 5.56 Å². The third-order valence-corrected chi connectivity index (χ3v) is 3.65. The third kappa shape index (κ3) is 4.20. The molecule has 1 N–H and O–H groups in total. The maximum absolute atomic E-state index is 12.3. The average molecular weight is 352 g/mol. The van der Waals surface area contributed by atoms with Crippen LogP contribution in [0.4, 0.5) is 0 Å². The fourth-order valence-electron chi connectivity index (χ4n) is 2.30. The lowest BCUT2D eigenvalue weighted by molar-refractivity contribution is 0.0940. The zero-order valence-corrected chi connectivity index (χ0v) is 14.9. The molecule has 0 aliphatic heterocycles. The maximum Gasteiger partial charge on any atom is 0.271 e. The predicted molar refractivity (Wildman–Crippen MR) is 92.9 cm³/mol. The molecule has 1 aromatic heterocycles. The number of amides is 1. The van der Waals surface area contributed by atoms with Crippen molar-refractivity contribution in [2.24, 2.45) is 0 Å². The zero-order valence-electron chi connectivity index (χ0n) is 14.1. The Kier molecular flexibility index (Phi) is 6.49. The molecular formula is C17H22ClN3O3. The third-order valence-electron chi connectivity index (χ3n) is 3.37. The first kappa shape index (κ1) is 18.1. The van der Waals surface area contributed by atoms with Gasteiger partial charge in [-0.05, 0) is 38.5 Å². The van der Waals surface area contributed by atoms with Crippen LogP contribution in [0, 0.1) is 0 Å². The van der Waals surface area contributed by atoms with Crippen molar-refractivity contribution < 1.29 is 14.3 Å². The number of ether oxygens (including phenoxy) is 2. The largest absolute Gasteiger partial charge is 0.490 e. The van der Waals surface area contributed by atoms with Crippen LogP contribution in [-0.2, 0) is 13.1 Å². The molecule has 2 aromatic rings. The highest BCUT2D eigenvalue weighted by Gasteiger charge is 2.16. The highest BCUT2D eigenvalue weighted by molar-refractivity contribution is 6.33. The number of rotatable bonds is 8. The number of aryl methyl sites for hydroxylation is 1. The minimum Gasteiger partial charge on any atom is -0.490 e. The molecule has 0 atom stereocenters. The van der Waals surface area contributed by atoms with Crippen molar-refractivity contribution in [2.45, 2.75) is 33.9 Å². The van der Waals surface area contributed by atoms with Crippen molar-refractivity contribution in [3.63, 3.8) is 0 Å². The molecule has 0 spiro atoms. The maximum atomic E-state index is 12.3. The molecule has 0 saturated heterocycles. The molecule has 130 valence electrons. The smallest absolute Gasteiger partial charge is 0.271 e. The van der Waals surface area contributed by atoms with Crippen LogP contribution in [-0.4, -0.2) is 28.9 Å². The Labute approximate surface area is 146 Å². The molecule has 0 bridgehead atoms. The molecule has 0 saturated carbocycles. The molecular weight excluding hydrogens is 330 g/mol. The van der Waals surface area contributed by atoms with Crippen molar-refractivity contribution in [1.29, 1.82) is 0 Å². The van der Waals surface area contributed by atoms with Gasteiger partial charge < -0.3 is 14.8 Å². The lowest BCUT2D eigenvalue weighted by Crippen LogP contribution is -2.26. The summed E-state index contributed by atoms with van der Waals surface area (Å²) in [5, 5.41) is 7.27. The number of carbonyl (C=O) groups is 1. The fraction of sp³-hybridized carbons (Fsp3) is 0.412. The Bertz CT molecular complexity index is 700. The summed E-state index contributed by atoms with van der Waals surface area (Å²) in [5.41, 5.74) is 1.28. The van der Waals surface area contributed by atoms with Crippen molar-refractivity contribution in [3.05, 3.63) is 40.7 Å². The second-order valence-electron chi connectivity index (χ2n) is 4.99. The average Bonchev–Trinajstić information content (AvgIpc) is 2.96. The van der Waals surface area contributed by atoms with Crippen molar-refractivity contribution >= 4 is 17.5 Å². The van der Waals surface area contributed by atoms with E-state index in [-0.39, 0.29) is 5.91 Å². The number of halogens is 1. The predicted octanol–water partition coefficient (Wildman–Crippen LogP) is 3.28. The van der Waals surface area contributed by atoms with Crippen LogP contribution in [0.1, 0.15) is 36.8 Å². The van der Waals surface area contributed by atoms with Gasteiger partial charge in [-0.25, -0.2) is 0 Å². The van der Waals surface area contributed by atoms with Crippen molar-refractivity contribution in [1.82, 2.24) is 15.1 Å². The van der Waals surface area contributed by atoms with E-state index >= 15 is 0 Å². The van der Waals surface area contributed by atoms with E-state index in [1.807, 2.05) is 39.0 Å². The van der Waals surface area contributed by atoms with Gasteiger partial charge in [0.1, 0.15) is 5.69 Å².